The molecule has 0 amide bonds. The minimum absolute atomic E-state index is 0.232. The number of methoxy groups -OCH3 is 1. The van der Waals surface area contributed by atoms with Crippen LogP contribution in [0.5, 0.6) is 11.5 Å². The molecule has 1 N–H and O–H groups in total. The Morgan fingerprint density at radius 3 is 2.62 bits per heavy atom. The lowest BCUT2D eigenvalue weighted by Crippen LogP contribution is -2.43. The number of piperidine rings is 1. The van der Waals surface area contributed by atoms with Crippen LogP contribution >= 0.6 is 0 Å². The molecular weight excluding hydrogens is 326 g/mol. The van der Waals surface area contributed by atoms with Crippen molar-refractivity contribution in [3.63, 3.8) is 0 Å². The lowest BCUT2D eigenvalue weighted by molar-refractivity contribution is 0.0239. The number of likely N-dealkylation sites (tertiary alicyclic amines) is 1. The number of benzene rings is 2. The van der Waals surface area contributed by atoms with E-state index in [2.05, 4.69) is 35.2 Å². The smallest absolute Gasteiger partial charge is 0.161 e. The van der Waals surface area contributed by atoms with Gasteiger partial charge in [-0.2, -0.15) is 0 Å². The van der Waals surface area contributed by atoms with Crippen LogP contribution in [0.4, 0.5) is 0 Å². The van der Waals surface area contributed by atoms with Crippen LogP contribution in [0.15, 0.2) is 48.5 Å². The third-order valence-electron chi connectivity index (χ3n) is 5.05. The van der Waals surface area contributed by atoms with Crippen LogP contribution in [-0.4, -0.2) is 42.9 Å². The van der Waals surface area contributed by atoms with Crippen molar-refractivity contribution in [1.82, 2.24) is 4.90 Å². The van der Waals surface area contributed by atoms with Crippen LogP contribution in [0.2, 0.25) is 0 Å². The first-order chi connectivity index (χ1) is 12.7. The standard InChI is InChI=1S/C22H29NO3/c1-3-26-21-10-9-18(14-22(21)25-2)13-19-16-23(12-11-20(19)24)15-17-7-5-4-6-8-17/h4-10,14,19-20,24H,3,11-13,15-16H2,1-2H3. The lowest BCUT2D eigenvalue weighted by atomic mass is 9.88. The summed E-state index contributed by atoms with van der Waals surface area (Å²) in [6.07, 6.45) is 1.42. The maximum absolute atomic E-state index is 10.5. The molecule has 4 heteroatoms. The molecule has 1 saturated heterocycles. The van der Waals surface area contributed by atoms with Gasteiger partial charge >= 0.3 is 0 Å². The molecule has 0 spiro atoms. The zero-order valence-corrected chi connectivity index (χ0v) is 15.7. The molecule has 4 nitrogen and oxygen atoms in total. The first kappa shape index (κ1) is 18.7. The van der Waals surface area contributed by atoms with Crippen molar-refractivity contribution in [2.75, 3.05) is 26.8 Å². The summed E-state index contributed by atoms with van der Waals surface area (Å²) in [4.78, 5) is 2.44. The van der Waals surface area contributed by atoms with E-state index in [0.29, 0.717) is 6.61 Å². The van der Waals surface area contributed by atoms with Gasteiger partial charge in [-0.15, -0.1) is 0 Å². The molecule has 0 saturated carbocycles. The Morgan fingerprint density at radius 1 is 1.08 bits per heavy atom. The van der Waals surface area contributed by atoms with Gasteiger partial charge in [-0.05, 0) is 43.0 Å². The van der Waals surface area contributed by atoms with Crippen molar-refractivity contribution >= 4 is 0 Å². The van der Waals surface area contributed by atoms with Gasteiger partial charge in [0.2, 0.25) is 0 Å². The van der Waals surface area contributed by atoms with E-state index in [9.17, 15) is 5.11 Å². The second kappa shape index (κ2) is 9.06. The molecule has 1 heterocycles. The van der Waals surface area contributed by atoms with Crippen molar-refractivity contribution in [3.05, 3.63) is 59.7 Å². The highest BCUT2D eigenvalue weighted by Gasteiger charge is 2.28. The van der Waals surface area contributed by atoms with Gasteiger partial charge in [0.05, 0.1) is 19.8 Å². The summed E-state index contributed by atoms with van der Waals surface area (Å²) in [5.41, 5.74) is 2.50. The number of hydrogen-bond donors (Lipinski definition) is 1. The Kier molecular flexibility index (Phi) is 6.53. The van der Waals surface area contributed by atoms with E-state index < -0.39 is 0 Å². The largest absolute Gasteiger partial charge is 0.493 e. The van der Waals surface area contributed by atoms with Crippen molar-refractivity contribution in [2.45, 2.75) is 32.4 Å². The van der Waals surface area contributed by atoms with Crippen LogP contribution in [0.1, 0.15) is 24.5 Å². The highest BCUT2D eigenvalue weighted by atomic mass is 16.5. The van der Waals surface area contributed by atoms with E-state index in [1.165, 1.54) is 11.1 Å². The molecule has 1 aliphatic rings. The Balaban J connectivity index is 1.65. The molecule has 140 valence electrons. The fourth-order valence-electron chi connectivity index (χ4n) is 3.70. The minimum atomic E-state index is -0.250. The average Bonchev–Trinajstić information content (AvgIpc) is 2.66. The maximum atomic E-state index is 10.5. The first-order valence-electron chi connectivity index (χ1n) is 9.43. The van der Waals surface area contributed by atoms with E-state index in [-0.39, 0.29) is 12.0 Å². The number of ether oxygens (including phenoxy) is 2. The summed E-state index contributed by atoms with van der Waals surface area (Å²) in [5.74, 6) is 1.76. The predicted octanol–water partition coefficient (Wildman–Crippen LogP) is 3.52. The van der Waals surface area contributed by atoms with Gasteiger partial charge in [-0.1, -0.05) is 36.4 Å². The van der Waals surface area contributed by atoms with E-state index in [4.69, 9.17) is 9.47 Å². The zero-order valence-electron chi connectivity index (χ0n) is 15.7. The van der Waals surface area contributed by atoms with E-state index in [0.717, 1.165) is 44.0 Å². The van der Waals surface area contributed by atoms with Crippen molar-refractivity contribution in [2.24, 2.45) is 5.92 Å². The van der Waals surface area contributed by atoms with Crippen molar-refractivity contribution < 1.29 is 14.6 Å². The van der Waals surface area contributed by atoms with E-state index in [1.807, 2.05) is 25.1 Å². The summed E-state index contributed by atoms with van der Waals surface area (Å²) < 4.78 is 11.1. The van der Waals surface area contributed by atoms with Crippen LogP contribution in [0, 0.1) is 5.92 Å². The number of hydrogen-bond acceptors (Lipinski definition) is 4. The molecule has 2 aromatic carbocycles. The van der Waals surface area contributed by atoms with Gasteiger partial charge in [0.15, 0.2) is 11.5 Å². The Bertz CT molecular complexity index is 689. The molecular formula is C22H29NO3. The third-order valence-corrected chi connectivity index (χ3v) is 5.05. The third kappa shape index (κ3) is 4.77. The second-order valence-corrected chi connectivity index (χ2v) is 6.96. The Morgan fingerprint density at radius 2 is 1.88 bits per heavy atom. The maximum Gasteiger partial charge on any atom is 0.161 e. The zero-order chi connectivity index (χ0) is 18.4. The molecule has 3 rings (SSSR count). The Hall–Kier alpha value is -2.04. The van der Waals surface area contributed by atoms with Crippen LogP contribution in [0.25, 0.3) is 0 Å². The van der Waals surface area contributed by atoms with E-state index in [1.54, 1.807) is 7.11 Å². The molecule has 0 aliphatic carbocycles. The molecule has 0 aromatic heterocycles. The van der Waals surface area contributed by atoms with Crippen LogP contribution in [0.3, 0.4) is 0 Å². The first-order valence-corrected chi connectivity index (χ1v) is 9.43. The van der Waals surface area contributed by atoms with Gasteiger partial charge in [0.25, 0.3) is 0 Å². The molecule has 26 heavy (non-hydrogen) atoms. The molecule has 0 radical (unpaired) electrons. The molecule has 1 fully saturated rings. The highest BCUT2D eigenvalue weighted by Crippen LogP contribution is 2.30. The SMILES string of the molecule is CCOc1ccc(CC2CN(Cc3ccccc3)CCC2O)cc1OC. The van der Waals surface area contributed by atoms with Crippen molar-refractivity contribution in [3.8, 4) is 11.5 Å². The summed E-state index contributed by atoms with van der Waals surface area (Å²) >= 11 is 0. The van der Waals surface area contributed by atoms with Gasteiger partial charge in [0.1, 0.15) is 0 Å². The van der Waals surface area contributed by atoms with Crippen molar-refractivity contribution in [1.29, 1.82) is 0 Å². The fourth-order valence-corrected chi connectivity index (χ4v) is 3.70. The fraction of sp³-hybridized carbons (Fsp3) is 0.455. The number of aliphatic hydroxyl groups is 1. The number of aliphatic hydroxyl groups excluding tert-OH is 1. The minimum Gasteiger partial charge on any atom is -0.493 e. The van der Waals surface area contributed by atoms with Gasteiger partial charge in [-0.3, -0.25) is 4.90 Å². The monoisotopic (exact) mass is 355 g/mol. The number of nitrogens with zero attached hydrogens (tertiary/aromatic N) is 1. The van der Waals surface area contributed by atoms with Crippen LogP contribution < -0.4 is 9.47 Å². The average molecular weight is 355 g/mol. The summed E-state index contributed by atoms with van der Waals surface area (Å²) in [7, 11) is 1.67. The summed E-state index contributed by atoms with van der Waals surface area (Å²) in [6.45, 7) is 5.37. The summed E-state index contributed by atoms with van der Waals surface area (Å²) in [6, 6.07) is 16.6. The van der Waals surface area contributed by atoms with E-state index >= 15 is 0 Å². The van der Waals surface area contributed by atoms with Gasteiger partial charge in [-0.25, -0.2) is 0 Å². The summed E-state index contributed by atoms with van der Waals surface area (Å²) in [5, 5.41) is 10.5. The molecule has 1 aliphatic heterocycles. The lowest BCUT2D eigenvalue weighted by Gasteiger charge is -2.36. The molecule has 2 unspecified atom stereocenters. The Labute approximate surface area is 156 Å². The van der Waals surface area contributed by atoms with Gasteiger partial charge < -0.3 is 14.6 Å². The molecule has 2 atom stereocenters. The quantitative estimate of drug-likeness (QED) is 0.825. The van der Waals surface area contributed by atoms with Gasteiger partial charge in [0, 0.05) is 25.6 Å². The second-order valence-electron chi connectivity index (χ2n) is 6.96. The highest BCUT2D eigenvalue weighted by molar-refractivity contribution is 5.43. The number of rotatable bonds is 7. The normalized spacial score (nSPS) is 20.7. The predicted molar refractivity (Wildman–Crippen MR) is 104 cm³/mol. The molecule has 0 bridgehead atoms. The topological polar surface area (TPSA) is 41.9 Å². The van der Waals surface area contributed by atoms with Crippen LogP contribution in [-0.2, 0) is 13.0 Å². The molecule has 2 aromatic rings.